The maximum atomic E-state index is 12.6. The maximum absolute atomic E-state index is 12.6. The van der Waals surface area contributed by atoms with Crippen LogP contribution in [0.4, 0.5) is 0 Å². The number of rotatable bonds is 11. The van der Waals surface area contributed by atoms with E-state index in [1.807, 2.05) is 42.5 Å². The van der Waals surface area contributed by atoms with E-state index in [1.54, 1.807) is 4.31 Å². The lowest BCUT2D eigenvalue weighted by atomic mass is 9.97. The average molecular weight is 683 g/mol. The number of nitrogens with one attached hydrogen (secondary N) is 1. The first-order valence-electron chi connectivity index (χ1n) is 15.9. The van der Waals surface area contributed by atoms with Crippen molar-refractivity contribution in [2.24, 2.45) is 0 Å². The van der Waals surface area contributed by atoms with Gasteiger partial charge in [0, 0.05) is 90.7 Å². The van der Waals surface area contributed by atoms with E-state index in [0.29, 0.717) is 42.1 Å². The second-order valence-corrected chi connectivity index (χ2v) is 15.0. The summed E-state index contributed by atoms with van der Waals surface area (Å²) in [5.41, 5.74) is 7.81. The van der Waals surface area contributed by atoms with E-state index in [4.69, 9.17) is 33.0 Å². The zero-order valence-corrected chi connectivity index (χ0v) is 28.7. The molecular weight excluding hydrogens is 641 g/mol. The van der Waals surface area contributed by atoms with Crippen LogP contribution in [0.15, 0.2) is 66.7 Å². The van der Waals surface area contributed by atoms with Crippen molar-refractivity contribution in [2.75, 3.05) is 39.1 Å². The van der Waals surface area contributed by atoms with Gasteiger partial charge >= 0.3 is 0 Å². The van der Waals surface area contributed by atoms with Crippen molar-refractivity contribution in [3.63, 3.8) is 0 Å². The number of ether oxygens (including phenoxy) is 1. The number of halogens is 2. The van der Waals surface area contributed by atoms with Crippen LogP contribution in [0, 0.1) is 0 Å². The van der Waals surface area contributed by atoms with Crippen molar-refractivity contribution in [3.05, 3.63) is 99.2 Å². The van der Waals surface area contributed by atoms with E-state index in [2.05, 4.69) is 46.1 Å². The second-order valence-electron chi connectivity index (χ2n) is 12.2. The highest BCUT2D eigenvalue weighted by Gasteiger charge is 2.30. The molecule has 1 fully saturated rings. The summed E-state index contributed by atoms with van der Waals surface area (Å²) < 4.78 is 34.4. The Balaban J connectivity index is 1.27. The number of fused-ring (bicyclic) bond motifs is 1. The molecule has 11 heteroatoms. The average Bonchev–Trinajstić information content (AvgIpc) is 3.41. The maximum Gasteiger partial charge on any atom is 0.211 e. The van der Waals surface area contributed by atoms with E-state index < -0.39 is 10.0 Å². The van der Waals surface area contributed by atoms with Crippen LogP contribution in [0.3, 0.4) is 0 Å². The molecule has 0 aliphatic carbocycles. The van der Waals surface area contributed by atoms with E-state index in [9.17, 15) is 8.42 Å². The number of hydrogen-bond acceptors (Lipinski definition) is 6. The Morgan fingerprint density at radius 2 is 1.74 bits per heavy atom. The van der Waals surface area contributed by atoms with Gasteiger partial charge in [0.25, 0.3) is 0 Å². The second kappa shape index (κ2) is 14.6. The van der Waals surface area contributed by atoms with Gasteiger partial charge in [-0.3, -0.25) is 9.58 Å². The zero-order valence-electron chi connectivity index (χ0n) is 26.4. The molecule has 2 aliphatic heterocycles. The van der Waals surface area contributed by atoms with E-state index in [-0.39, 0.29) is 0 Å². The molecule has 0 radical (unpaired) electrons. The normalized spacial score (nSPS) is 17.7. The number of sulfonamides is 1. The van der Waals surface area contributed by atoms with Crippen molar-refractivity contribution in [1.82, 2.24) is 24.3 Å². The molecule has 0 spiro atoms. The molecule has 3 heterocycles. The summed E-state index contributed by atoms with van der Waals surface area (Å²) in [4.78, 5) is 2.47. The van der Waals surface area contributed by atoms with Gasteiger partial charge in [0.15, 0.2) is 0 Å². The van der Waals surface area contributed by atoms with Crippen molar-refractivity contribution >= 4 is 33.2 Å². The molecule has 3 aromatic carbocycles. The van der Waals surface area contributed by atoms with Crippen LogP contribution in [0.25, 0.3) is 22.4 Å². The van der Waals surface area contributed by atoms with Gasteiger partial charge in [-0.25, -0.2) is 8.42 Å². The van der Waals surface area contributed by atoms with Gasteiger partial charge in [-0.1, -0.05) is 65.7 Å². The highest BCUT2D eigenvalue weighted by molar-refractivity contribution is 7.88. The predicted octanol–water partition coefficient (Wildman–Crippen LogP) is 6.24. The van der Waals surface area contributed by atoms with Crippen LogP contribution in [0.2, 0.25) is 10.0 Å². The topological polar surface area (TPSA) is 79.7 Å². The summed E-state index contributed by atoms with van der Waals surface area (Å²) in [7, 11) is -3.35. The Morgan fingerprint density at radius 1 is 0.957 bits per heavy atom. The van der Waals surface area contributed by atoms with Crippen LogP contribution in [-0.2, 0) is 47.4 Å². The Bertz CT molecular complexity index is 1780. The lowest BCUT2D eigenvalue weighted by molar-refractivity contribution is -0.00122. The molecule has 1 atom stereocenters. The summed E-state index contributed by atoms with van der Waals surface area (Å²) in [6.45, 7) is 8.52. The van der Waals surface area contributed by atoms with Gasteiger partial charge in [-0.15, -0.1) is 0 Å². The third-order valence-electron chi connectivity index (χ3n) is 8.97. The number of benzene rings is 3. The third kappa shape index (κ3) is 7.68. The van der Waals surface area contributed by atoms with Crippen LogP contribution in [-0.4, -0.2) is 72.5 Å². The minimum Gasteiger partial charge on any atom is -0.379 e. The highest BCUT2D eigenvalue weighted by Crippen LogP contribution is 2.37. The molecule has 0 unspecified atom stereocenters. The summed E-state index contributed by atoms with van der Waals surface area (Å²) >= 11 is 13.4. The summed E-state index contributed by atoms with van der Waals surface area (Å²) in [5, 5.41) is 9.93. The molecule has 0 bridgehead atoms. The summed E-state index contributed by atoms with van der Waals surface area (Å²) in [6.07, 6.45) is 2.85. The first-order chi connectivity index (χ1) is 22.2. The van der Waals surface area contributed by atoms with Crippen LogP contribution >= 0.6 is 23.2 Å². The number of nitrogens with zero attached hydrogens (tertiary/aromatic N) is 4. The van der Waals surface area contributed by atoms with Crippen LogP contribution < -0.4 is 5.32 Å². The Kier molecular flexibility index (Phi) is 10.5. The number of morpholine rings is 1. The molecule has 6 rings (SSSR count). The number of hydrogen-bond donors (Lipinski definition) is 1. The minimum absolute atomic E-state index is 0.306. The Hall–Kier alpha value is -2.76. The minimum atomic E-state index is -3.35. The largest absolute Gasteiger partial charge is 0.379 e. The quantitative estimate of drug-likeness (QED) is 0.202. The Morgan fingerprint density at radius 3 is 2.52 bits per heavy atom. The zero-order chi connectivity index (χ0) is 32.3. The fraction of sp³-hybridized carbons (Fsp3) is 0.400. The van der Waals surface area contributed by atoms with Gasteiger partial charge in [-0.05, 0) is 54.3 Å². The molecule has 46 heavy (non-hydrogen) atoms. The van der Waals surface area contributed by atoms with E-state index in [0.717, 1.165) is 85.0 Å². The van der Waals surface area contributed by atoms with Crippen molar-refractivity contribution in [3.8, 4) is 22.4 Å². The van der Waals surface area contributed by atoms with Gasteiger partial charge in [-0.2, -0.15) is 9.40 Å². The van der Waals surface area contributed by atoms with E-state index >= 15 is 0 Å². The lowest BCUT2D eigenvalue weighted by Gasteiger charge is -2.33. The molecular formula is C35H41Cl2N5O3S. The predicted molar refractivity (Wildman–Crippen MR) is 186 cm³/mol. The standard InChI is InChI=1S/C35H41Cl2N5O3S/c1-25-24-45-18-17-40(25)14-6-15-42-34-13-16-41(46(2,43)44)23-31(34)35(39-42)28-10-12-33(37)30(20-28)27-9-11-32(36)29(19-27)22-38-21-26-7-4-3-5-8-26/h3-5,7-12,19-20,25,38H,6,13-18,21-24H2,1-2H3/t25-/m0/s1. The molecule has 1 saturated heterocycles. The first kappa shape index (κ1) is 33.2. The Labute approximate surface area is 282 Å². The van der Waals surface area contributed by atoms with Gasteiger partial charge in [0.1, 0.15) is 0 Å². The van der Waals surface area contributed by atoms with Crippen molar-refractivity contribution in [1.29, 1.82) is 0 Å². The SMILES string of the molecule is C[C@H]1COCCN1CCCn1nc(-c2ccc(Cl)c(-c3ccc(Cl)c(CNCc4ccccc4)c3)c2)c2c1CCN(S(C)(=O)=O)C2. The van der Waals surface area contributed by atoms with Gasteiger partial charge < -0.3 is 10.1 Å². The van der Waals surface area contributed by atoms with Crippen LogP contribution in [0.5, 0.6) is 0 Å². The van der Waals surface area contributed by atoms with Gasteiger partial charge in [0.2, 0.25) is 10.0 Å². The highest BCUT2D eigenvalue weighted by atomic mass is 35.5. The summed E-state index contributed by atoms with van der Waals surface area (Å²) in [5.74, 6) is 0. The summed E-state index contributed by atoms with van der Waals surface area (Å²) in [6, 6.07) is 22.6. The van der Waals surface area contributed by atoms with Crippen molar-refractivity contribution in [2.45, 2.75) is 52.0 Å². The molecule has 2 aliphatic rings. The lowest BCUT2D eigenvalue weighted by Crippen LogP contribution is -2.44. The first-order valence-corrected chi connectivity index (χ1v) is 18.5. The van der Waals surface area contributed by atoms with Crippen molar-refractivity contribution < 1.29 is 13.2 Å². The molecule has 1 aromatic heterocycles. The van der Waals surface area contributed by atoms with Crippen LogP contribution in [0.1, 0.15) is 35.7 Å². The van der Waals surface area contributed by atoms with E-state index in [1.165, 1.54) is 11.8 Å². The number of aryl methyl sites for hydroxylation is 1. The number of aromatic nitrogens is 2. The molecule has 0 amide bonds. The molecule has 244 valence electrons. The monoisotopic (exact) mass is 681 g/mol. The fourth-order valence-electron chi connectivity index (χ4n) is 6.39. The van der Waals surface area contributed by atoms with Gasteiger partial charge in [0.05, 0.1) is 25.2 Å². The molecule has 1 N–H and O–H groups in total. The smallest absolute Gasteiger partial charge is 0.211 e. The third-order valence-corrected chi connectivity index (χ3v) is 10.9. The fourth-order valence-corrected chi connectivity index (χ4v) is 7.59. The molecule has 0 saturated carbocycles. The molecule has 8 nitrogen and oxygen atoms in total. The molecule has 4 aromatic rings.